The van der Waals surface area contributed by atoms with Gasteiger partial charge in [0, 0.05) is 32.5 Å². The molecule has 0 aromatic carbocycles. The number of aromatic amines is 1. The summed E-state index contributed by atoms with van der Waals surface area (Å²) in [5.41, 5.74) is 0. The van der Waals surface area contributed by atoms with Crippen LogP contribution in [0.5, 0.6) is 0 Å². The van der Waals surface area contributed by atoms with Crippen LogP contribution in [0.25, 0.3) is 0 Å². The van der Waals surface area contributed by atoms with E-state index in [0.29, 0.717) is 44.0 Å². The molecule has 106 valence electrons. The van der Waals surface area contributed by atoms with Crippen molar-refractivity contribution in [2.45, 2.75) is 32.7 Å². The van der Waals surface area contributed by atoms with Gasteiger partial charge in [-0.05, 0) is 18.6 Å². The zero-order valence-electron chi connectivity index (χ0n) is 11.2. The lowest BCUT2D eigenvalue weighted by atomic mass is 10.3. The van der Waals surface area contributed by atoms with Gasteiger partial charge in [0.2, 0.25) is 5.91 Å². The first-order valence-corrected chi connectivity index (χ1v) is 7.12. The maximum atomic E-state index is 12.1. The van der Waals surface area contributed by atoms with E-state index in [2.05, 4.69) is 17.1 Å². The summed E-state index contributed by atoms with van der Waals surface area (Å²) in [4.78, 5) is 13.9. The van der Waals surface area contributed by atoms with Crippen LogP contribution < -0.4 is 0 Å². The van der Waals surface area contributed by atoms with Gasteiger partial charge in [0.1, 0.15) is 5.82 Å². The molecular weight excluding hydrogens is 264 g/mol. The highest BCUT2D eigenvalue weighted by Crippen LogP contribution is 2.06. The summed E-state index contributed by atoms with van der Waals surface area (Å²) in [6, 6.07) is 0. The Morgan fingerprint density at radius 3 is 2.89 bits per heavy atom. The quantitative estimate of drug-likeness (QED) is 0.824. The number of morpholine rings is 1. The van der Waals surface area contributed by atoms with Crippen molar-refractivity contribution < 1.29 is 9.53 Å². The molecule has 1 aromatic rings. The average Bonchev–Trinajstić information content (AvgIpc) is 2.78. The smallest absolute Gasteiger partial charge is 0.224 e. The molecule has 0 saturated carbocycles. The van der Waals surface area contributed by atoms with E-state index in [1.807, 2.05) is 9.47 Å². The third-order valence-corrected chi connectivity index (χ3v) is 3.54. The molecule has 1 aliphatic rings. The van der Waals surface area contributed by atoms with Gasteiger partial charge in [-0.25, -0.2) is 0 Å². The van der Waals surface area contributed by atoms with Crippen LogP contribution in [0.4, 0.5) is 0 Å². The van der Waals surface area contributed by atoms with Crippen molar-refractivity contribution in [3.05, 3.63) is 10.6 Å². The van der Waals surface area contributed by atoms with Crippen molar-refractivity contribution >= 4 is 18.1 Å². The molecule has 0 radical (unpaired) electrons. The van der Waals surface area contributed by atoms with Gasteiger partial charge < -0.3 is 14.2 Å². The normalized spacial score (nSPS) is 15.7. The zero-order valence-corrected chi connectivity index (χ0v) is 12.0. The predicted octanol–water partition coefficient (Wildman–Crippen LogP) is 1.14. The number of hydrogen-bond acceptors (Lipinski definition) is 4. The van der Waals surface area contributed by atoms with Gasteiger partial charge in [0.05, 0.1) is 13.2 Å². The van der Waals surface area contributed by atoms with Crippen molar-refractivity contribution in [1.29, 1.82) is 0 Å². The Morgan fingerprint density at radius 1 is 1.47 bits per heavy atom. The van der Waals surface area contributed by atoms with Crippen LogP contribution in [0.2, 0.25) is 0 Å². The summed E-state index contributed by atoms with van der Waals surface area (Å²) in [6.07, 6.45) is 2.35. The fraction of sp³-hybridized carbons (Fsp3) is 0.750. The second-order valence-electron chi connectivity index (χ2n) is 4.59. The fourth-order valence-electron chi connectivity index (χ4n) is 2.17. The van der Waals surface area contributed by atoms with Gasteiger partial charge in [-0.15, -0.1) is 0 Å². The van der Waals surface area contributed by atoms with E-state index in [-0.39, 0.29) is 5.91 Å². The first-order valence-electron chi connectivity index (χ1n) is 6.72. The Bertz CT molecular complexity index is 476. The number of carbonyl (C=O) groups excluding carboxylic acids is 1. The van der Waals surface area contributed by atoms with Crippen LogP contribution in [0, 0.1) is 4.77 Å². The van der Waals surface area contributed by atoms with E-state index in [1.54, 1.807) is 0 Å². The van der Waals surface area contributed by atoms with Crippen LogP contribution in [0.15, 0.2) is 0 Å². The molecule has 2 heterocycles. The zero-order chi connectivity index (χ0) is 13.7. The van der Waals surface area contributed by atoms with E-state index < -0.39 is 0 Å². The van der Waals surface area contributed by atoms with Crippen LogP contribution in [0.3, 0.4) is 0 Å². The lowest BCUT2D eigenvalue weighted by Gasteiger charge is -2.26. The molecule has 0 aliphatic carbocycles. The molecule has 0 bridgehead atoms. The minimum absolute atomic E-state index is 0.161. The second-order valence-corrected chi connectivity index (χ2v) is 4.98. The molecule has 7 heteroatoms. The lowest BCUT2D eigenvalue weighted by molar-refractivity contribution is -0.135. The Balaban J connectivity index is 1.92. The Hall–Kier alpha value is -1.21. The minimum Gasteiger partial charge on any atom is -0.378 e. The summed E-state index contributed by atoms with van der Waals surface area (Å²) < 4.78 is 7.76. The van der Waals surface area contributed by atoms with Crippen LogP contribution >= 0.6 is 12.2 Å². The molecular formula is C12H20N4O2S. The molecule has 2 rings (SSSR count). The summed E-state index contributed by atoms with van der Waals surface area (Å²) in [5.74, 6) is 1.09. The molecule has 6 nitrogen and oxygen atoms in total. The van der Waals surface area contributed by atoms with E-state index >= 15 is 0 Å². The van der Waals surface area contributed by atoms with Gasteiger partial charge >= 0.3 is 0 Å². The van der Waals surface area contributed by atoms with E-state index in [9.17, 15) is 4.79 Å². The van der Waals surface area contributed by atoms with Crippen molar-refractivity contribution in [2.24, 2.45) is 0 Å². The number of nitrogens with one attached hydrogen (secondary N) is 1. The number of amides is 1. The van der Waals surface area contributed by atoms with Gasteiger partial charge in [0.15, 0.2) is 4.77 Å². The number of aromatic nitrogens is 3. The lowest BCUT2D eigenvalue weighted by Crippen LogP contribution is -2.41. The highest BCUT2D eigenvalue weighted by atomic mass is 32.1. The SMILES string of the molecule is CCCc1n[nH]c(=S)n1CCC(=O)N1CCOCC1. The van der Waals surface area contributed by atoms with Crippen LogP contribution in [0.1, 0.15) is 25.6 Å². The Labute approximate surface area is 117 Å². The molecule has 1 N–H and O–H groups in total. The third-order valence-electron chi connectivity index (χ3n) is 3.22. The number of aryl methyl sites for hydroxylation is 1. The molecule has 1 amide bonds. The predicted molar refractivity (Wildman–Crippen MR) is 73.4 cm³/mol. The van der Waals surface area contributed by atoms with Crippen molar-refractivity contribution in [3.63, 3.8) is 0 Å². The number of H-pyrrole nitrogens is 1. The molecule has 1 fully saturated rings. The van der Waals surface area contributed by atoms with E-state index in [0.717, 1.165) is 18.7 Å². The highest BCUT2D eigenvalue weighted by Gasteiger charge is 2.17. The largest absolute Gasteiger partial charge is 0.378 e. The number of nitrogens with zero attached hydrogens (tertiary/aromatic N) is 3. The topological polar surface area (TPSA) is 63.2 Å². The van der Waals surface area contributed by atoms with Gasteiger partial charge in [-0.2, -0.15) is 5.10 Å². The summed E-state index contributed by atoms with van der Waals surface area (Å²) in [7, 11) is 0. The number of ether oxygens (including phenoxy) is 1. The molecule has 0 atom stereocenters. The number of hydrogen-bond donors (Lipinski definition) is 1. The van der Waals surface area contributed by atoms with Gasteiger partial charge in [-0.3, -0.25) is 9.89 Å². The van der Waals surface area contributed by atoms with Gasteiger partial charge in [-0.1, -0.05) is 6.92 Å². The molecule has 1 aliphatic heterocycles. The van der Waals surface area contributed by atoms with Gasteiger partial charge in [0.25, 0.3) is 0 Å². The van der Waals surface area contributed by atoms with Crippen LogP contribution in [-0.2, 0) is 22.5 Å². The number of rotatable bonds is 5. The maximum absolute atomic E-state index is 12.1. The van der Waals surface area contributed by atoms with Crippen molar-refractivity contribution in [3.8, 4) is 0 Å². The summed E-state index contributed by atoms with van der Waals surface area (Å²) >= 11 is 5.20. The minimum atomic E-state index is 0.161. The molecule has 1 saturated heterocycles. The maximum Gasteiger partial charge on any atom is 0.224 e. The first-order chi connectivity index (χ1) is 9.22. The van der Waals surface area contributed by atoms with Crippen LogP contribution in [-0.4, -0.2) is 51.9 Å². The third kappa shape index (κ3) is 3.63. The average molecular weight is 284 g/mol. The monoisotopic (exact) mass is 284 g/mol. The van der Waals surface area contributed by atoms with Crippen molar-refractivity contribution in [1.82, 2.24) is 19.7 Å². The van der Waals surface area contributed by atoms with E-state index in [4.69, 9.17) is 17.0 Å². The first kappa shape index (κ1) is 14.2. The molecule has 0 unspecified atom stereocenters. The second kappa shape index (κ2) is 6.81. The van der Waals surface area contributed by atoms with Crippen molar-refractivity contribution in [2.75, 3.05) is 26.3 Å². The summed E-state index contributed by atoms with van der Waals surface area (Å²) in [5, 5.41) is 6.99. The Kier molecular flexibility index (Phi) is 5.09. The molecule has 0 spiro atoms. The fourth-order valence-corrected chi connectivity index (χ4v) is 2.42. The Morgan fingerprint density at radius 2 is 2.21 bits per heavy atom. The summed E-state index contributed by atoms with van der Waals surface area (Å²) in [6.45, 7) is 5.35. The highest BCUT2D eigenvalue weighted by molar-refractivity contribution is 7.71. The number of carbonyl (C=O) groups is 1. The van der Waals surface area contributed by atoms with E-state index in [1.165, 1.54) is 0 Å². The standard InChI is InChI=1S/C12H20N4O2S/c1-2-3-10-13-14-12(19)16(10)5-4-11(17)15-6-8-18-9-7-15/h2-9H2,1H3,(H,14,19). The molecule has 19 heavy (non-hydrogen) atoms. The molecule has 1 aromatic heterocycles.